The van der Waals surface area contributed by atoms with E-state index >= 15 is 0 Å². The molecule has 0 spiro atoms. The first-order valence-corrected chi connectivity index (χ1v) is 5.07. The Balaban J connectivity index is 2.23. The zero-order chi connectivity index (χ0) is 10.7. The van der Waals surface area contributed by atoms with E-state index < -0.39 is 5.67 Å². The second kappa shape index (κ2) is 4.11. The molecular formula is C12H13FO2. The molecule has 2 nitrogen and oxygen atoms in total. The van der Waals surface area contributed by atoms with Crippen molar-refractivity contribution >= 4 is 6.29 Å². The summed E-state index contributed by atoms with van der Waals surface area (Å²) < 4.78 is 19.5. The van der Waals surface area contributed by atoms with Gasteiger partial charge in [0.2, 0.25) is 0 Å². The minimum atomic E-state index is -1.38. The van der Waals surface area contributed by atoms with Gasteiger partial charge >= 0.3 is 0 Å². The fourth-order valence-corrected chi connectivity index (χ4v) is 1.85. The van der Waals surface area contributed by atoms with Gasteiger partial charge in [0, 0.05) is 12.2 Å². The molecule has 1 fully saturated rings. The second-order valence-electron chi connectivity index (χ2n) is 3.86. The van der Waals surface area contributed by atoms with Gasteiger partial charge in [-0.1, -0.05) is 24.3 Å². The molecule has 0 aromatic heterocycles. The summed E-state index contributed by atoms with van der Waals surface area (Å²) in [4.78, 5) is 10.5. The number of alkyl halides is 1. The summed E-state index contributed by atoms with van der Waals surface area (Å²) in [6.45, 7) is 0.755. The fraction of sp³-hybridized carbons (Fsp3) is 0.417. The molecule has 2 rings (SSSR count). The van der Waals surface area contributed by atoms with Gasteiger partial charge in [0.05, 0.1) is 6.61 Å². The monoisotopic (exact) mass is 208 g/mol. The lowest BCUT2D eigenvalue weighted by Gasteiger charge is -2.29. The highest BCUT2D eigenvalue weighted by Gasteiger charge is 2.34. The lowest BCUT2D eigenvalue weighted by molar-refractivity contribution is -0.0347. The number of hydrogen-bond donors (Lipinski definition) is 0. The van der Waals surface area contributed by atoms with E-state index in [0.717, 1.165) is 12.7 Å². The fourth-order valence-electron chi connectivity index (χ4n) is 1.85. The molecule has 0 saturated carbocycles. The van der Waals surface area contributed by atoms with Crippen LogP contribution in [0.3, 0.4) is 0 Å². The van der Waals surface area contributed by atoms with Gasteiger partial charge in [-0.3, -0.25) is 4.79 Å². The van der Waals surface area contributed by atoms with Crippen molar-refractivity contribution in [2.24, 2.45) is 0 Å². The first-order chi connectivity index (χ1) is 7.24. The van der Waals surface area contributed by atoms with Crippen LogP contribution >= 0.6 is 0 Å². The Morgan fingerprint density at radius 2 is 2.07 bits per heavy atom. The van der Waals surface area contributed by atoms with Crippen molar-refractivity contribution in [2.75, 3.05) is 13.2 Å². The molecule has 1 saturated heterocycles. The van der Waals surface area contributed by atoms with Crippen molar-refractivity contribution in [3.8, 4) is 0 Å². The lowest BCUT2D eigenvalue weighted by Crippen LogP contribution is -2.31. The van der Waals surface area contributed by atoms with Gasteiger partial charge in [-0.25, -0.2) is 4.39 Å². The van der Waals surface area contributed by atoms with E-state index in [4.69, 9.17) is 4.74 Å². The second-order valence-corrected chi connectivity index (χ2v) is 3.86. The number of halogens is 1. The quantitative estimate of drug-likeness (QED) is 0.698. The standard InChI is InChI=1S/C12H13FO2/c13-12(6-1-7-15-9-12)11-4-2-10(8-14)3-5-11/h2-5,8H,1,6-7,9H2. The van der Waals surface area contributed by atoms with Gasteiger partial charge in [-0.2, -0.15) is 0 Å². The van der Waals surface area contributed by atoms with E-state index in [1.807, 2.05) is 0 Å². The Kier molecular flexibility index (Phi) is 2.82. The van der Waals surface area contributed by atoms with Gasteiger partial charge < -0.3 is 4.74 Å². The molecule has 0 radical (unpaired) electrons. The molecule has 80 valence electrons. The van der Waals surface area contributed by atoms with E-state index in [1.165, 1.54) is 0 Å². The highest BCUT2D eigenvalue weighted by molar-refractivity contribution is 5.74. The van der Waals surface area contributed by atoms with Gasteiger partial charge in [0.15, 0.2) is 5.67 Å². The minimum absolute atomic E-state index is 0.118. The van der Waals surface area contributed by atoms with Crippen LogP contribution in [0.2, 0.25) is 0 Å². The predicted molar refractivity (Wildman–Crippen MR) is 54.7 cm³/mol. The number of benzene rings is 1. The lowest BCUT2D eigenvalue weighted by atomic mass is 9.90. The van der Waals surface area contributed by atoms with Gasteiger partial charge in [-0.15, -0.1) is 0 Å². The topological polar surface area (TPSA) is 26.3 Å². The molecule has 0 N–H and O–H groups in total. The summed E-state index contributed by atoms with van der Waals surface area (Å²) in [6.07, 6.45) is 1.99. The van der Waals surface area contributed by atoms with Crippen LogP contribution in [0, 0.1) is 0 Å². The average Bonchev–Trinajstić information content (AvgIpc) is 2.30. The maximum Gasteiger partial charge on any atom is 0.159 e. The molecule has 0 amide bonds. The third-order valence-corrected chi connectivity index (χ3v) is 2.76. The maximum absolute atomic E-state index is 14.3. The van der Waals surface area contributed by atoms with E-state index in [1.54, 1.807) is 24.3 Å². The zero-order valence-electron chi connectivity index (χ0n) is 8.41. The Morgan fingerprint density at radius 1 is 1.33 bits per heavy atom. The van der Waals surface area contributed by atoms with Crippen molar-refractivity contribution in [3.05, 3.63) is 35.4 Å². The van der Waals surface area contributed by atoms with Crippen LogP contribution in [0.15, 0.2) is 24.3 Å². The summed E-state index contributed by atoms with van der Waals surface area (Å²) in [5.74, 6) is 0. The number of carbonyl (C=O) groups excluding carboxylic acids is 1. The Hall–Kier alpha value is -1.22. The van der Waals surface area contributed by atoms with Crippen LogP contribution in [0.5, 0.6) is 0 Å². The third-order valence-electron chi connectivity index (χ3n) is 2.76. The normalized spacial score (nSPS) is 26.2. The van der Waals surface area contributed by atoms with Gasteiger partial charge in [0.1, 0.15) is 6.29 Å². The Bertz CT molecular complexity index is 339. The molecule has 1 aliphatic rings. The SMILES string of the molecule is O=Cc1ccc(C2(F)CCCOC2)cc1. The Morgan fingerprint density at radius 3 is 2.60 bits per heavy atom. The molecule has 15 heavy (non-hydrogen) atoms. The highest BCUT2D eigenvalue weighted by atomic mass is 19.1. The number of ether oxygens (including phenoxy) is 1. The van der Waals surface area contributed by atoms with Crippen molar-refractivity contribution in [3.63, 3.8) is 0 Å². The summed E-state index contributed by atoms with van der Waals surface area (Å²) in [5, 5.41) is 0. The third kappa shape index (κ3) is 2.07. The van der Waals surface area contributed by atoms with Crippen molar-refractivity contribution in [1.82, 2.24) is 0 Å². The summed E-state index contributed by atoms with van der Waals surface area (Å²) >= 11 is 0. The van der Waals surface area contributed by atoms with Gasteiger partial charge in [-0.05, 0) is 18.4 Å². The van der Waals surface area contributed by atoms with Crippen LogP contribution in [-0.2, 0) is 10.4 Å². The van der Waals surface area contributed by atoms with Crippen LogP contribution in [0.25, 0.3) is 0 Å². The molecule has 1 unspecified atom stereocenters. The van der Waals surface area contributed by atoms with E-state index in [2.05, 4.69) is 0 Å². The molecule has 1 atom stereocenters. The molecule has 1 aliphatic heterocycles. The Labute approximate surface area is 88.1 Å². The van der Waals surface area contributed by atoms with Crippen molar-refractivity contribution < 1.29 is 13.9 Å². The molecule has 0 bridgehead atoms. The van der Waals surface area contributed by atoms with Crippen LogP contribution in [-0.4, -0.2) is 19.5 Å². The maximum atomic E-state index is 14.3. The molecule has 1 aromatic rings. The van der Waals surface area contributed by atoms with Crippen molar-refractivity contribution in [1.29, 1.82) is 0 Å². The molecule has 1 heterocycles. The first kappa shape index (κ1) is 10.3. The van der Waals surface area contributed by atoms with Crippen molar-refractivity contribution in [2.45, 2.75) is 18.5 Å². The molecule has 0 aliphatic carbocycles. The van der Waals surface area contributed by atoms with Crippen LogP contribution in [0.1, 0.15) is 28.8 Å². The zero-order valence-corrected chi connectivity index (χ0v) is 8.41. The summed E-state index contributed by atoms with van der Waals surface area (Å²) in [5.41, 5.74) is -0.202. The molecular weight excluding hydrogens is 195 g/mol. The predicted octanol–water partition coefficient (Wildman–Crippen LogP) is 2.47. The van der Waals surface area contributed by atoms with E-state index in [-0.39, 0.29) is 6.61 Å². The van der Waals surface area contributed by atoms with Gasteiger partial charge in [0.25, 0.3) is 0 Å². The average molecular weight is 208 g/mol. The highest BCUT2D eigenvalue weighted by Crippen LogP contribution is 2.34. The molecule has 3 heteroatoms. The minimum Gasteiger partial charge on any atom is -0.378 e. The number of carbonyl (C=O) groups is 1. The molecule has 1 aromatic carbocycles. The first-order valence-electron chi connectivity index (χ1n) is 5.07. The number of rotatable bonds is 2. The summed E-state index contributed by atoms with van der Waals surface area (Å²) in [6, 6.07) is 6.60. The number of aldehydes is 1. The largest absolute Gasteiger partial charge is 0.378 e. The van der Waals surface area contributed by atoms with Crippen LogP contribution in [0.4, 0.5) is 4.39 Å². The summed E-state index contributed by atoms with van der Waals surface area (Å²) in [7, 11) is 0. The van der Waals surface area contributed by atoms with Crippen LogP contribution < -0.4 is 0 Å². The smallest absolute Gasteiger partial charge is 0.159 e. The van der Waals surface area contributed by atoms with E-state index in [0.29, 0.717) is 24.2 Å². The number of hydrogen-bond acceptors (Lipinski definition) is 2. The van der Waals surface area contributed by atoms with E-state index in [9.17, 15) is 9.18 Å².